The topological polar surface area (TPSA) is 63.8 Å². The minimum absolute atomic E-state index is 0.157. The molecule has 0 aliphatic rings. The summed E-state index contributed by atoms with van der Waals surface area (Å²) in [6.07, 6.45) is 3.06. The number of pyridine rings is 1. The van der Waals surface area contributed by atoms with Crippen LogP contribution < -0.4 is 0 Å². The fourth-order valence-corrected chi connectivity index (χ4v) is 1.23. The van der Waals surface area contributed by atoms with Gasteiger partial charge in [0.05, 0.1) is 18.1 Å². The van der Waals surface area contributed by atoms with E-state index in [1.807, 2.05) is 6.92 Å². The standard InChI is InChI=1S/C9H10N4O/c1-2-13-9(6-11-12-13)8-4-3-7(14)5-10-8/h3-6,14H,2H2,1H3. The predicted octanol–water partition coefficient (Wildman–Crippen LogP) is 1.07. The molecule has 2 heterocycles. The zero-order valence-corrected chi connectivity index (χ0v) is 7.75. The molecular formula is C9H10N4O. The van der Waals surface area contributed by atoms with Gasteiger partial charge in [-0.15, -0.1) is 5.10 Å². The number of hydrogen-bond acceptors (Lipinski definition) is 4. The molecule has 0 unspecified atom stereocenters. The van der Waals surface area contributed by atoms with Crippen LogP contribution in [0.25, 0.3) is 11.4 Å². The number of aromatic hydroxyl groups is 1. The molecule has 0 saturated heterocycles. The molecule has 2 aromatic heterocycles. The summed E-state index contributed by atoms with van der Waals surface area (Å²) in [5.74, 6) is 0.157. The second-order valence-corrected chi connectivity index (χ2v) is 2.84. The lowest BCUT2D eigenvalue weighted by Crippen LogP contribution is -1.99. The molecule has 5 nitrogen and oxygen atoms in total. The maximum absolute atomic E-state index is 9.08. The summed E-state index contributed by atoms with van der Waals surface area (Å²) in [6, 6.07) is 3.33. The molecule has 0 saturated carbocycles. The van der Waals surface area contributed by atoms with E-state index in [9.17, 15) is 0 Å². The zero-order chi connectivity index (χ0) is 9.97. The van der Waals surface area contributed by atoms with E-state index in [-0.39, 0.29) is 5.75 Å². The quantitative estimate of drug-likeness (QED) is 0.769. The lowest BCUT2D eigenvalue weighted by atomic mass is 10.3. The molecule has 0 bridgehead atoms. The van der Waals surface area contributed by atoms with Crippen molar-refractivity contribution in [3.05, 3.63) is 24.5 Å². The lowest BCUT2D eigenvalue weighted by Gasteiger charge is -2.01. The Hall–Kier alpha value is -1.91. The van der Waals surface area contributed by atoms with Gasteiger partial charge in [0.1, 0.15) is 11.4 Å². The van der Waals surface area contributed by atoms with Crippen LogP contribution in [0.1, 0.15) is 6.92 Å². The molecule has 0 aliphatic carbocycles. The summed E-state index contributed by atoms with van der Waals surface area (Å²) in [6.45, 7) is 2.73. The summed E-state index contributed by atoms with van der Waals surface area (Å²) < 4.78 is 1.75. The molecule has 0 amide bonds. The predicted molar refractivity (Wildman–Crippen MR) is 50.6 cm³/mol. The van der Waals surface area contributed by atoms with Crippen LogP contribution in [0.5, 0.6) is 5.75 Å². The first-order valence-corrected chi connectivity index (χ1v) is 4.35. The molecular weight excluding hydrogens is 180 g/mol. The molecule has 0 atom stereocenters. The van der Waals surface area contributed by atoms with Gasteiger partial charge in [0.2, 0.25) is 0 Å². The van der Waals surface area contributed by atoms with Crippen molar-refractivity contribution in [1.29, 1.82) is 0 Å². The molecule has 2 aromatic rings. The molecule has 2 rings (SSSR count). The van der Waals surface area contributed by atoms with Crippen molar-refractivity contribution in [3.63, 3.8) is 0 Å². The normalized spacial score (nSPS) is 10.4. The molecule has 0 spiro atoms. The van der Waals surface area contributed by atoms with Crippen LogP contribution in [0.3, 0.4) is 0 Å². The Morgan fingerprint density at radius 3 is 2.86 bits per heavy atom. The number of hydrogen-bond donors (Lipinski definition) is 1. The Bertz CT molecular complexity index is 421. The van der Waals surface area contributed by atoms with Crippen molar-refractivity contribution in [2.24, 2.45) is 0 Å². The van der Waals surface area contributed by atoms with E-state index >= 15 is 0 Å². The average Bonchev–Trinajstić information content (AvgIpc) is 2.67. The SMILES string of the molecule is CCn1nncc1-c1ccc(O)cn1. The molecule has 0 fully saturated rings. The van der Waals surface area contributed by atoms with Crippen molar-refractivity contribution in [2.75, 3.05) is 0 Å². The third-order valence-electron chi connectivity index (χ3n) is 1.93. The lowest BCUT2D eigenvalue weighted by molar-refractivity contribution is 0.473. The van der Waals surface area contributed by atoms with Crippen LogP contribution in [0.4, 0.5) is 0 Å². The van der Waals surface area contributed by atoms with E-state index in [2.05, 4.69) is 15.3 Å². The maximum Gasteiger partial charge on any atom is 0.133 e. The maximum atomic E-state index is 9.08. The van der Waals surface area contributed by atoms with Crippen LogP contribution in [0, 0.1) is 0 Å². The van der Waals surface area contributed by atoms with Gasteiger partial charge in [-0.2, -0.15) is 0 Å². The summed E-state index contributed by atoms with van der Waals surface area (Å²) in [4.78, 5) is 4.08. The molecule has 1 N–H and O–H groups in total. The minimum atomic E-state index is 0.157. The highest BCUT2D eigenvalue weighted by Crippen LogP contribution is 2.17. The monoisotopic (exact) mass is 190 g/mol. The van der Waals surface area contributed by atoms with E-state index in [1.54, 1.807) is 23.0 Å². The highest BCUT2D eigenvalue weighted by Gasteiger charge is 2.05. The molecule has 14 heavy (non-hydrogen) atoms. The van der Waals surface area contributed by atoms with E-state index in [4.69, 9.17) is 5.11 Å². The Labute approximate surface area is 81.0 Å². The van der Waals surface area contributed by atoms with Crippen molar-refractivity contribution in [1.82, 2.24) is 20.0 Å². The fraction of sp³-hybridized carbons (Fsp3) is 0.222. The van der Waals surface area contributed by atoms with Crippen LogP contribution in [-0.4, -0.2) is 25.1 Å². The van der Waals surface area contributed by atoms with Crippen molar-refractivity contribution >= 4 is 0 Å². The fourth-order valence-electron chi connectivity index (χ4n) is 1.23. The van der Waals surface area contributed by atoms with Crippen molar-refractivity contribution < 1.29 is 5.11 Å². The second kappa shape index (κ2) is 3.45. The second-order valence-electron chi connectivity index (χ2n) is 2.84. The van der Waals surface area contributed by atoms with Crippen LogP contribution in [0.15, 0.2) is 24.5 Å². The summed E-state index contributed by atoms with van der Waals surface area (Å²) in [5, 5.41) is 16.8. The highest BCUT2D eigenvalue weighted by atomic mass is 16.3. The van der Waals surface area contributed by atoms with E-state index in [0.29, 0.717) is 0 Å². The van der Waals surface area contributed by atoms with Crippen LogP contribution in [0.2, 0.25) is 0 Å². The van der Waals surface area contributed by atoms with E-state index in [1.165, 1.54) is 6.20 Å². The largest absolute Gasteiger partial charge is 0.506 e. The van der Waals surface area contributed by atoms with Gasteiger partial charge in [-0.05, 0) is 19.1 Å². The Morgan fingerprint density at radius 2 is 2.21 bits per heavy atom. The molecule has 0 aromatic carbocycles. The van der Waals surface area contributed by atoms with Gasteiger partial charge in [0.25, 0.3) is 0 Å². The third kappa shape index (κ3) is 1.44. The first kappa shape index (κ1) is 8.68. The van der Waals surface area contributed by atoms with Crippen LogP contribution in [-0.2, 0) is 6.54 Å². The summed E-state index contributed by atoms with van der Waals surface area (Å²) >= 11 is 0. The number of aryl methyl sites for hydroxylation is 1. The van der Waals surface area contributed by atoms with E-state index < -0.39 is 0 Å². The van der Waals surface area contributed by atoms with Gasteiger partial charge in [0, 0.05) is 6.54 Å². The zero-order valence-electron chi connectivity index (χ0n) is 7.75. The molecule has 0 aliphatic heterocycles. The average molecular weight is 190 g/mol. The van der Waals surface area contributed by atoms with Gasteiger partial charge in [-0.25, -0.2) is 4.68 Å². The van der Waals surface area contributed by atoms with Crippen LogP contribution >= 0.6 is 0 Å². The summed E-state index contributed by atoms with van der Waals surface area (Å²) in [5.41, 5.74) is 1.61. The third-order valence-corrected chi connectivity index (χ3v) is 1.93. The molecule has 5 heteroatoms. The number of aromatic nitrogens is 4. The Kier molecular flexibility index (Phi) is 2.14. The first-order chi connectivity index (χ1) is 6.81. The van der Waals surface area contributed by atoms with Gasteiger partial charge < -0.3 is 5.11 Å². The first-order valence-electron chi connectivity index (χ1n) is 4.35. The summed E-state index contributed by atoms with van der Waals surface area (Å²) in [7, 11) is 0. The van der Waals surface area contributed by atoms with Gasteiger partial charge in [0.15, 0.2) is 0 Å². The Morgan fingerprint density at radius 1 is 1.36 bits per heavy atom. The minimum Gasteiger partial charge on any atom is -0.506 e. The van der Waals surface area contributed by atoms with Gasteiger partial charge in [-0.1, -0.05) is 5.21 Å². The van der Waals surface area contributed by atoms with Gasteiger partial charge in [-0.3, -0.25) is 4.98 Å². The number of rotatable bonds is 2. The number of nitrogens with zero attached hydrogens (tertiary/aromatic N) is 4. The highest BCUT2D eigenvalue weighted by molar-refractivity contribution is 5.53. The van der Waals surface area contributed by atoms with Gasteiger partial charge >= 0.3 is 0 Å². The van der Waals surface area contributed by atoms with E-state index in [0.717, 1.165) is 17.9 Å². The Balaban J connectivity index is 2.44. The van der Waals surface area contributed by atoms with Crippen molar-refractivity contribution in [2.45, 2.75) is 13.5 Å². The molecule has 72 valence electrons. The van der Waals surface area contributed by atoms with Crippen molar-refractivity contribution in [3.8, 4) is 17.1 Å². The smallest absolute Gasteiger partial charge is 0.133 e. The molecule has 0 radical (unpaired) electrons.